The van der Waals surface area contributed by atoms with Gasteiger partial charge in [-0.25, -0.2) is 0 Å². The average molecular weight is 423 g/mol. The van der Waals surface area contributed by atoms with Gasteiger partial charge in [-0.2, -0.15) is 0 Å². The molecule has 3 aromatic rings. The number of aromatic nitrogens is 1. The summed E-state index contributed by atoms with van der Waals surface area (Å²) in [6.07, 6.45) is 0. The summed E-state index contributed by atoms with van der Waals surface area (Å²) >= 11 is 0. The van der Waals surface area contributed by atoms with E-state index in [0.717, 1.165) is 41.2 Å². The highest BCUT2D eigenvalue weighted by Gasteiger charge is 2.13. The Kier molecular flexibility index (Phi) is 7.41. The second-order valence-corrected chi connectivity index (χ2v) is 9.95. The summed E-state index contributed by atoms with van der Waals surface area (Å²) in [7, 11) is 6.53. The Morgan fingerprint density at radius 1 is 1.00 bits per heavy atom. The van der Waals surface area contributed by atoms with Gasteiger partial charge in [0.1, 0.15) is 5.69 Å². The van der Waals surface area contributed by atoms with Gasteiger partial charge in [-0.1, -0.05) is 37.2 Å². The summed E-state index contributed by atoms with van der Waals surface area (Å²) in [6, 6.07) is 17.9. The minimum absolute atomic E-state index is 0.185. The third-order valence-corrected chi connectivity index (χ3v) is 5.95. The Bertz CT molecular complexity index is 980. The standard InChI is InChI=1S/C24H30N3O2P/c1-17(2)30-24(28)20-8-6-7-19(15-20)22-16-23(29-25-22)18-9-11-21(12-10-18)27(5)14-13-26(3)4/h6-12,15-17,30H,13-14H2,1-5H3. The number of rotatable bonds is 9. The topological polar surface area (TPSA) is 49.6 Å². The van der Waals surface area contributed by atoms with Crippen molar-refractivity contribution in [2.24, 2.45) is 0 Å². The van der Waals surface area contributed by atoms with Crippen LogP contribution in [0.3, 0.4) is 0 Å². The van der Waals surface area contributed by atoms with Gasteiger partial charge in [0.2, 0.25) is 0 Å². The number of carbonyl (C=O) groups is 1. The first-order chi connectivity index (χ1) is 14.3. The minimum atomic E-state index is 0.185. The number of anilines is 1. The van der Waals surface area contributed by atoms with Crippen LogP contribution in [0.5, 0.6) is 0 Å². The van der Waals surface area contributed by atoms with Crippen LogP contribution in [-0.2, 0) is 0 Å². The number of benzene rings is 2. The van der Waals surface area contributed by atoms with Gasteiger partial charge < -0.3 is 14.3 Å². The molecule has 1 atom stereocenters. The molecule has 0 bridgehead atoms. The van der Waals surface area contributed by atoms with E-state index in [0.29, 0.717) is 11.4 Å². The normalized spacial score (nSPS) is 11.7. The molecule has 0 N–H and O–H groups in total. The van der Waals surface area contributed by atoms with Gasteiger partial charge in [-0.3, -0.25) is 4.79 Å². The quantitative estimate of drug-likeness (QED) is 0.441. The Morgan fingerprint density at radius 2 is 1.73 bits per heavy atom. The van der Waals surface area contributed by atoms with Crippen molar-refractivity contribution < 1.29 is 9.32 Å². The van der Waals surface area contributed by atoms with Crippen LogP contribution in [0.25, 0.3) is 22.6 Å². The molecule has 1 heterocycles. The average Bonchev–Trinajstić information content (AvgIpc) is 3.22. The van der Waals surface area contributed by atoms with Gasteiger partial charge in [0, 0.05) is 48.6 Å². The molecule has 1 unspecified atom stereocenters. The van der Waals surface area contributed by atoms with Crippen molar-refractivity contribution in [3.8, 4) is 22.6 Å². The van der Waals surface area contributed by atoms with Crippen molar-refractivity contribution in [1.82, 2.24) is 10.1 Å². The van der Waals surface area contributed by atoms with Crippen LogP contribution >= 0.6 is 8.58 Å². The van der Waals surface area contributed by atoms with Crippen molar-refractivity contribution >= 4 is 19.8 Å². The molecule has 2 aromatic carbocycles. The van der Waals surface area contributed by atoms with Crippen LogP contribution in [0.2, 0.25) is 0 Å². The monoisotopic (exact) mass is 423 g/mol. The van der Waals surface area contributed by atoms with Crippen molar-refractivity contribution in [2.75, 3.05) is 39.1 Å². The van der Waals surface area contributed by atoms with E-state index in [1.54, 1.807) is 0 Å². The third kappa shape index (κ3) is 5.78. The van der Waals surface area contributed by atoms with Crippen molar-refractivity contribution in [2.45, 2.75) is 19.5 Å². The predicted molar refractivity (Wildman–Crippen MR) is 127 cm³/mol. The lowest BCUT2D eigenvalue weighted by atomic mass is 10.1. The summed E-state index contributed by atoms with van der Waals surface area (Å²) in [5.74, 6) is 0.716. The fourth-order valence-corrected chi connectivity index (χ4v) is 3.92. The molecule has 6 heteroatoms. The number of hydrogen-bond acceptors (Lipinski definition) is 5. The summed E-state index contributed by atoms with van der Waals surface area (Å²) in [5, 5.41) is 4.23. The number of likely N-dealkylation sites (N-methyl/N-ethyl adjacent to an activating group) is 2. The van der Waals surface area contributed by atoms with Crippen molar-refractivity contribution in [3.05, 3.63) is 60.2 Å². The maximum atomic E-state index is 12.4. The van der Waals surface area contributed by atoms with Gasteiger partial charge in [-0.15, -0.1) is 0 Å². The molecule has 0 fully saturated rings. The van der Waals surface area contributed by atoms with Crippen LogP contribution in [0.1, 0.15) is 24.2 Å². The molecule has 1 aromatic heterocycles. The molecule has 3 rings (SSSR count). The first-order valence-electron chi connectivity index (χ1n) is 10.2. The second-order valence-electron chi connectivity index (χ2n) is 8.06. The van der Waals surface area contributed by atoms with E-state index in [1.807, 2.05) is 30.3 Å². The zero-order chi connectivity index (χ0) is 21.7. The smallest absolute Gasteiger partial charge is 0.181 e. The van der Waals surface area contributed by atoms with Crippen LogP contribution in [-0.4, -0.2) is 55.5 Å². The molecule has 0 aliphatic rings. The third-order valence-electron chi connectivity index (χ3n) is 4.83. The van der Waals surface area contributed by atoms with Gasteiger partial charge in [0.25, 0.3) is 0 Å². The van der Waals surface area contributed by atoms with Crippen molar-refractivity contribution in [3.63, 3.8) is 0 Å². The molecule has 0 radical (unpaired) electrons. The fraction of sp³-hybridized carbons (Fsp3) is 0.333. The van der Waals surface area contributed by atoms with E-state index < -0.39 is 0 Å². The molecule has 158 valence electrons. The zero-order valence-corrected chi connectivity index (χ0v) is 19.3. The highest BCUT2D eigenvalue weighted by Crippen LogP contribution is 2.30. The molecule has 5 nitrogen and oxygen atoms in total. The number of nitrogens with zero attached hydrogens (tertiary/aromatic N) is 3. The molecule has 0 saturated heterocycles. The maximum Gasteiger partial charge on any atom is 0.181 e. The first-order valence-corrected chi connectivity index (χ1v) is 11.3. The second kappa shape index (κ2) is 10.0. The summed E-state index contributed by atoms with van der Waals surface area (Å²) in [4.78, 5) is 16.8. The number of hydrogen-bond donors (Lipinski definition) is 0. The van der Waals surface area contributed by atoms with E-state index in [4.69, 9.17) is 4.52 Å². The molecular formula is C24H30N3O2P. The Labute approximate surface area is 180 Å². The highest BCUT2D eigenvalue weighted by atomic mass is 31.1. The van der Waals surface area contributed by atoms with Crippen LogP contribution in [0.15, 0.2) is 59.1 Å². The van der Waals surface area contributed by atoms with E-state index in [2.05, 4.69) is 74.2 Å². The van der Waals surface area contributed by atoms with E-state index in [1.165, 1.54) is 0 Å². The lowest BCUT2D eigenvalue weighted by Gasteiger charge is -2.21. The molecule has 0 saturated carbocycles. The fourth-order valence-electron chi connectivity index (χ4n) is 3.07. The SMILES string of the molecule is CC(C)PC(=O)c1cccc(-c2cc(-c3ccc(N(C)CCN(C)C)cc3)on2)c1. The molecular weight excluding hydrogens is 393 g/mol. The predicted octanol–water partition coefficient (Wildman–Crippen LogP) is 5.23. The van der Waals surface area contributed by atoms with Crippen LogP contribution in [0, 0.1) is 0 Å². The molecule has 0 spiro atoms. The van der Waals surface area contributed by atoms with Gasteiger partial charge in [0.05, 0.1) is 0 Å². The van der Waals surface area contributed by atoms with E-state index >= 15 is 0 Å². The zero-order valence-electron chi connectivity index (χ0n) is 18.3. The van der Waals surface area contributed by atoms with Gasteiger partial charge in [-0.05, 0) is 58.7 Å². The minimum Gasteiger partial charge on any atom is -0.373 e. The van der Waals surface area contributed by atoms with Crippen molar-refractivity contribution in [1.29, 1.82) is 0 Å². The van der Waals surface area contributed by atoms with Gasteiger partial charge in [0.15, 0.2) is 11.3 Å². The maximum absolute atomic E-state index is 12.4. The van der Waals surface area contributed by atoms with Crippen LogP contribution < -0.4 is 4.90 Å². The van der Waals surface area contributed by atoms with Crippen LogP contribution in [0.4, 0.5) is 5.69 Å². The largest absolute Gasteiger partial charge is 0.373 e. The summed E-state index contributed by atoms with van der Waals surface area (Å²) in [6.45, 7) is 6.10. The lowest BCUT2D eigenvalue weighted by molar-refractivity contribution is 0.108. The highest BCUT2D eigenvalue weighted by molar-refractivity contribution is 7.59. The van der Waals surface area contributed by atoms with Gasteiger partial charge >= 0.3 is 0 Å². The molecule has 0 amide bonds. The lowest BCUT2D eigenvalue weighted by Crippen LogP contribution is -2.28. The Hall–Kier alpha value is -2.49. The van der Waals surface area contributed by atoms with E-state index in [9.17, 15) is 4.79 Å². The summed E-state index contributed by atoms with van der Waals surface area (Å²) in [5.41, 5.74) is 5.05. The Balaban J connectivity index is 1.74. The molecule has 0 aliphatic heterocycles. The first kappa shape index (κ1) is 22.2. The molecule has 0 aliphatic carbocycles. The van der Waals surface area contributed by atoms with E-state index in [-0.39, 0.29) is 14.1 Å². The molecule has 30 heavy (non-hydrogen) atoms. The Morgan fingerprint density at radius 3 is 2.40 bits per heavy atom. The number of carbonyl (C=O) groups excluding carboxylic acids is 1. The summed E-state index contributed by atoms with van der Waals surface area (Å²) < 4.78 is 5.60.